The third kappa shape index (κ3) is 4.22. The minimum Gasteiger partial charge on any atom is -0.390 e. The number of allylic oxidation sites excluding steroid dienone is 2. The van der Waals surface area contributed by atoms with E-state index >= 15 is 0 Å². The first-order valence-electron chi connectivity index (χ1n) is 14.1. The van der Waals surface area contributed by atoms with Gasteiger partial charge in [-0.05, 0) is 90.8 Å². The maximum Gasteiger partial charge on any atom is 0.397 e. The Morgan fingerprint density at radius 1 is 1.03 bits per heavy atom. The Bertz CT molecular complexity index is 994. The number of aliphatic hydroxyl groups excluding tert-OH is 2. The van der Waals surface area contributed by atoms with Crippen molar-refractivity contribution < 1.29 is 32.1 Å². The molecule has 3 saturated carbocycles. The first kappa shape index (κ1) is 27.1. The van der Waals surface area contributed by atoms with Crippen LogP contribution in [0.5, 0.6) is 0 Å². The van der Waals surface area contributed by atoms with Gasteiger partial charge in [-0.2, -0.15) is 8.42 Å². The number of aliphatic hydroxyl groups is 2. The lowest BCUT2D eigenvalue weighted by Crippen LogP contribution is -2.60. The minimum absolute atomic E-state index is 0.208. The first-order valence-corrected chi connectivity index (χ1v) is 15.4. The molecule has 1 aliphatic heterocycles. The molecule has 0 unspecified atom stereocenters. The molecule has 1 saturated heterocycles. The molecule has 0 aromatic carbocycles. The van der Waals surface area contributed by atoms with Crippen molar-refractivity contribution in [3.8, 4) is 0 Å². The summed E-state index contributed by atoms with van der Waals surface area (Å²) in [5.74, 6) is 2.73. The topological polar surface area (TPSA) is 117 Å². The van der Waals surface area contributed by atoms with Gasteiger partial charge in [-0.15, -0.1) is 0 Å². The van der Waals surface area contributed by atoms with E-state index in [-0.39, 0.29) is 17.3 Å². The number of rotatable bonds is 6. The minimum atomic E-state index is -4.75. The van der Waals surface area contributed by atoms with E-state index < -0.39 is 34.1 Å². The normalized spacial score (nSPS) is 50.1. The molecule has 8 heteroatoms. The molecule has 0 spiro atoms. The van der Waals surface area contributed by atoms with Crippen LogP contribution in [0.3, 0.4) is 0 Å². The van der Waals surface area contributed by atoms with Crippen molar-refractivity contribution in [2.24, 2.45) is 52.3 Å². The molecule has 1 heterocycles. The van der Waals surface area contributed by atoms with E-state index in [1.54, 1.807) is 0 Å². The summed E-state index contributed by atoms with van der Waals surface area (Å²) in [5, 5.41) is 21.3. The fourth-order valence-electron chi connectivity index (χ4n) is 9.37. The van der Waals surface area contributed by atoms with Gasteiger partial charge in [0.1, 0.15) is 12.2 Å². The second-order valence-electron chi connectivity index (χ2n) is 13.7. The lowest BCUT2D eigenvalue weighted by atomic mass is 9.47. The number of epoxide rings is 1. The second kappa shape index (κ2) is 9.02. The van der Waals surface area contributed by atoms with Gasteiger partial charge in [-0.3, -0.25) is 4.55 Å². The molecule has 0 aromatic rings. The van der Waals surface area contributed by atoms with Gasteiger partial charge >= 0.3 is 10.4 Å². The van der Waals surface area contributed by atoms with Crippen LogP contribution in [0.25, 0.3) is 0 Å². The molecule has 3 N–H and O–H groups in total. The van der Waals surface area contributed by atoms with Crippen LogP contribution in [0.2, 0.25) is 0 Å². The van der Waals surface area contributed by atoms with Crippen molar-refractivity contribution in [3.63, 3.8) is 0 Å². The lowest BCUT2D eigenvalue weighted by Gasteiger charge is -2.59. The van der Waals surface area contributed by atoms with E-state index in [0.29, 0.717) is 54.6 Å². The third-order valence-electron chi connectivity index (χ3n) is 11.7. The van der Waals surface area contributed by atoms with Gasteiger partial charge in [-0.25, -0.2) is 4.18 Å². The van der Waals surface area contributed by atoms with Crippen molar-refractivity contribution in [2.45, 2.75) is 111 Å². The lowest BCUT2D eigenvalue weighted by molar-refractivity contribution is -0.165. The quantitative estimate of drug-likeness (QED) is 0.267. The summed E-state index contributed by atoms with van der Waals surface area (Å²) < 4.78 is 43.8. The average molecular weight is 527 g/mol. The van der Waals surface area contributed by atoms with Crippen LogP contribution in [0.4, 0.5) is 0 Å². The highest BCUT2D eigenvalue weighted by molar-refractivity contribution is 7.80. The van der Waals surface area contributed by atoms with Gasteiger partial charge in [0, 0.05) is 0 Å². The smallest absolute Gasteiger partial charge is 0.390 e. The standard InChI is InChI=1S/C28H46O7S/c1-14(2)15(3)24-25(34-24)16(4)18-9-10-19-17-7-8-21-26(35-36(31,32)33)23(30)22(29)13-28(21,6)20(17)11-12-27(18,19)5/h7,14-16,18-26,29-30H,8-13H2,1-6H3,(H,31,32,33)/t15-,16+,18-,19+,20+,21+,22-,23+,24+,25+,26+,27-,28-/m1/s1. The monoisotopic (exact) mass is 526 g/mol. The fraction of sp³-hybridized carbons (Fsp3) is 0.929. The number of hydrogen-bond acceptors (Lipinski definition) is 6. The Hall–Kier alpha value is -0.510. The number of ether oxygens (including phenoxy) is 1. The van der Waals surface area contributed by atoms with Crippen LogP contribution >= 0.6 is 0 Å². The van der Waals surface area contributed by atoms with Gasteiger partial charge in [0.05, 0.1) is 18.3 Å². The van der Waals surface area contributed by atoms with Crippen molar-refractivity contribution in [1.82, 2.24) is 0 Å². The molecule has 0 bridgehead atoms. The van der Waals surface area contributed by atoms with E-state index in [2.05, 4.69) is 47.6 Å². The van der Waals surface area contributed by atoms with Crippen LogP contribution in [0.1, 0.15) is 80.1 Å². The number of fused-ring (bicyclic) bond motifs is 5. The molecule has 5 aliphatic rings. The maximum absolute atomic E-state index is 11.6. The van der Waals surface area contributed by atoms with Gasteiger partial charge in [0.25, 0.3) is 0 Å². The second-order valence-corrected chi connectivity index (χ2v) is 14.7. The highest BCUT2D eigenvalue weighted by Gasteiger charge is 2.63. The summed E-state index contributed by atoms with van der Waals surface area (Å²) >= 11 is 0. The summed E-state index contributed by atoms with van der Waals surface area (Å²) in [7, 11) is -4.75. The summed E-state index contributed by atoms with van der Waals surface area (Å²) in [6, 6.07) is 0. The van der Waals surface area contributed by atoms with Crippen LogP contribution in [0, 0.1) is 52.3 Å². The van der Waals surface area contributed by atoms with Crippen LogP contribution in [0.15, 0.2) is 11.6 Å². The van der Waals surface area contributed by atoms with Crippen LogP contribution < -0.4 is 0 Å². The van der Waals surface area contributed by atoms with Crippen molar-refractivity contribution in [3.05, 3.63) is 11.6 Å². The Morgan fingerprint density at radius 2 is 1.69 bits per heavy atom. The van der Waals surface area contributed by atoms with E-state index in [9.17, 15) is 23.2 Å². The molecule has 7 nitrogen and oxygen atoms in total. The van der Waals surface area contributed by atoms with Crippen molar-refractivity contribution in [1.29, 1.82) is 0 Å². The van der Waals surface area contributed by atoms with Crippen molar-refractivity contribution in [2.75, 3.05) is 0 Å². The average Bonchev–Trinajstić information content (AvgIpc) is 3.49. The molecule has 0 aromatic heterocycles. The maximum atomic E-state index is 11.6. The van der Waals surface area contributed by atoms with E-state index in [0.717, 1.165) is 19.3 Å². The first-order chi connectivity index (χ1) is 16.7. The van der Waals surface area contributed by atoms with E-state index in [1.807, 2.05) is 0 Å². The van der Waals surface area contributed by atoms with Gasteiger partial charge < -0.3 is 14.9 Å². The summed E-state index contributed by atoms with van der Waals surface area (Å²) in [6.07, 6.45) is 4.85. The zero-order valence-corrected chi connectivity index (χ0v) is 23.4. The summed E-state index contributed by atoms with van der Waals surface area (Å²) in [6.45, 7) is 13.9. The summed E-state index contributed by atoms with van der Waals surface area (Å²) in [4.78, 5) is 0. The molecule has 13 atom stereocenters. The van der Waals surface area contributed by atoms with Crippen LogP contribution in [-0.4, -0.2) is 53.7 Å². The zero-order valence-electron chi connectivity index (χ0n) is 22.6. The SMILES string of the molecule is CC(C)[C@@H](C)[C@@H]1O[C@H]1[C@@H](C)[C@H]1CC[C@H]2C3=CC[C@H]4[C@H](OS(=O)(=O)O)[C@@H](O)[C@H](O)C[C@]4(C)[C@H]3CC[C@]12C. The third-order valence-corrected chi connectivity index (χ3v) is 12.2. The highest BCUT2D eigenvalue weighted by atomic mass is 32.3. The zero-order chi connectivity index (χ0) is 26.4. The Morgan fingerprint density at radius 3 is 2.33 bits per heavy atom. The molecule has 5 rings (SSSR count). The van der Waals surface area contributed by atoms with Gasteiger partial charge in [0.15, 0.2) is 0 Å². The predicted molar refractivity (Wildman–Crippen MR) is 136 cm³/mol. The van der Waals surface area contributed by atoms with Crippen LogP contribution in [-0.2, 0) is 19.3 Å². The molecule has 4 aliphatic carbocycles. The largest absolute Gasteiger partial charge is 0.397 e. The number of hydrogen-bond donors (Lipinski definition) is 3. The Labute approximate surface area is 217 Å². The molecule has 0 amide bonds. The predicted octanol–water partition coefficient (Wildman–Crippen LogP) is 4.39. The molecule has 206 valence electrons. The molecular weight excluding hydrogens is 480 g/mol. The highest BCUT2D eigenvalue weighted by Crippen LogP contribution is 2.67. The summed E-state index contributed by atoms with van der Waals surface area (Å²) in [5.41, 5.74) is 1.27. The Kier molecular flexibility index (Phi) is 6.78. The Balaban J connectivity index is 1.39. The van der Waals surface area contributed by atoms with E-state index in [1.165, 1.54) is 12.0 Å². The fourth-order valence-corrected chi connectivity index (χ4v) is 9.90. The molecule has 4 fully saturated rings. The van der Waals surface area contributed by atoms with Crippen molar-refractivity contribution >= 4 is 10.4 Å². The molecule has 0 radical (unpaired) electrons. The van der Waals surface area contributed by atoms with Gasteiger partial charge in [-0.1, -0.05) is 53.2 Å². The molecule has 36 heavy (non-hydrogen) atoms. The molecular formula is C28H46O7S. The van der Waals surface area contributed by atoms with E-state index in [4.69, 9.17) is 8.92 Å². The van der Waals surface area contributed by atoms with Gasteiger partial charge in [0.2, 0.25) is 0 Å².